The molecule has 0 aliphatic carbocycles. The van der Waals surface area contributed by atoms with E-state index < -0.39 is 0 Å². The molecule has 1 aromatic rings. The zero-order valence-electron chi connectivity index (χ0n) is 17.2. The van der Waals surface area contributed by atoms with Crippen molar-refractivity contribution >= 4 is 47.2 Å². The fourth-order valence-corrected chi connectivity index (χ4v) is 4.52. The molecule has 0 radical (unpaired) electrons. The number of aliphatic imine (C=N–C) groups is 1. The van der Waals surface area contributed by atoms with Gasteiger partial charge in [0.2, 0.25) is 5.91 Å². The number of carbonyl (C=O) groups is 1. The third kappa shape index (κ3) is 5.79. The first-order valence-electron chi connectivity index (χ1n) is 10.0. The van der Waals surface area contributed by atoms with Crippen LogP contribution in [0, 0.1) is 0 Å². The summed E-state index contributed by atoms with van der Waals surface area (Å²) in [7, 11) is 1.83. The molecule has 1 aromatic heterocycles. The lowest BCUT2D eigenvalue weighted by Gasteiger charge is -2.39. The van der Waals surface area contributed by atoms with Gasteiger partial charge in [-0.25, -0.2) is 4.98 Å². The van der Waals surface area contributed by atoms with Gasteiger partial charge >= 0.3 is 0 Å². The van der Waals surface area contributed by atoms with Gasteiger partial charge in [0.1, 0.15) is 0 Å². The summed E-state index contributed by atoms with van der Waals surface area (Å²) in [6.07, 6.45) is 3.27. The monoisotopic (exact) mass is 520 g/mol. The number of nitrogens with one attached hydrogen (secondary N) is 1. The van der Waals surface area contributed by atoms with Gasteiger partial charge < -0.3 is 15.1 Å². The van der Waals surface area contributed by atoms with Gasteiger partial charge in [0.15, 0.2) is 5.96 Å². The van der Waals surface area contributed by atoms with Gasteiger partial charge in [-0.15, -0.1) is 35.3 Å². The van der Waals surface area contributed by atoms with Gasteiger partial charge in [-0.2, -0.15) is 0 Å². The first-order chi connectivity index (χ1) is 13.1. The van der Waals surface area contributed by atoms with Crippen molar-refractivity contribution in [1.82, 2.24) is 25.0 Å². The van der Waals surface area contributed by atoms with E-state index in [0.29, 0.717) is 12.5 Å². The van der Waals surface area contributed by atoms with Crippen LogP contribution in [0.15, 0.2) is 10.4 Å². The molecule has 0 spiro atoms. The number of halogens is 1. The van der Waals surface area contributed by atoms with E-state index in [1.54, 1.807) is 11.3 Å². The molecule has 3 heterocycles. The summed E-state index contributed by atoms with van der Waals surface area (Å²) in [5.74, 6) is 1.21. The van der Waals surface area contributed by atoms with Gasteiger partial charge in [0, 0.05) is 51.7 Å². The molecule has 3 rings (SSSR count). The average Bonchev–Trinajstić information content (AvgIpc) is 3.40. The highest BCUT2D eigenvalue weighted by atomic mass is 127. The third-order valence-electron chi connectivity index (χ3n) is 5.48. The highest BCUT2D eigenvalue weighted by Gasteiger charge is 2.30. The van der Waals surface area contributed by atoms with E-state index >= 15 is 0 Å². The molecule has 9 heteroatoms. The summed E-state index contributed by atoms with van der Waals surface area (Å²) < 4.78 is 0. The Kier molecular flexibility index (Phi) is 9.42. The van der Waals surface area contributed by atoms with E-state index in [1.165, 1.54) is 5.01 Å². The maximum absolute atomic E-state index is 12.6. The van der Waals surface area contributed by atoms with Crippen molar-refractivity contribution in [3.8, 4) is 0 Å². The van der Waals surface area contributed by atoms with Gasteiger partial charge in [-0.3, -0.25) is 14.7 Å². The molecule has 1 atom stereocenters. The predicted octanol–water partition coefficient (Wildman–Crippen LogP) is 2.03. The Morgan fingerprint density at radius 3 is 2.46 bits per heavy atom. The minimum atomic E-state index is -0.0253. The minimum absolute atomic E-state index is 0. The molecule has 1 amide bonds. The van der Waals surface area contributed by atoms with Gasteiger partial charge in [0.05, 0.1) is 23.3 Å². The summed E-state index contributed by atoms with van der Waals surface area (Å²) in [6.45, 7) is 10.3. The second kappa shape index (κ2) is 11.3. The van der Waals surface area contributed by atoms with Crippen LogP contribution in [0.5, 0.6) is 0 Å². The number of aryl methyl sites for hydroxylation is 1. The average molecular weight is 520 g/mol. The van der Waals surface area contributed by atoms with Crippen LogP contribution >= 0.6 is 35.3 Å². The normalized spacial score (nSPS) is 19.5. The highest BCUT2D eigenvalue weighted by Crippen LogP contribution is 2.14. The number of hydrogen-bond acceptors (Lipinski definition) is 5. The number of piperazine rings is 1. The van der Waals surface area contributed by atoms with Crippen molar-refractivity contribution < 1.29 is 4.79 Å². The molecular formula is C19H33IN6OS. The second-order valence-corrected chi connectivity index (χ2v) is 8.16. The topological polar surface area (TPSA) is 64.1 Å². The minimum Gasteiger partial charge on any atom is -0.351 e. The first kappa shape index (κ1) is 23.3. The van der Waals surface area contributed by atoms with Gasteiger partial charge in [-0.05, 0) is 26.2 Å². The molecule has 1 unspecified atom stereocenters. The number of guanidine groups is 1. The van der Waals surface area contributed by atoms with E-state index in [-0.39, 0.29) is 30.0 Å². The summed E-state index contributed by atoms with van der Waals surface area (Å²) >= 11 is 1.71. The molecule has 0 saturated carbocycles. The van der Waals surface area contributed by atoms with E-state index in [2.05, 4.69) is 44.3 Å². The zero-order chi connectivity index (χ0) is 19.2. The van der Waals surface area contributed by atoms with E-state index in [9.17, 15) is 4.79 Å². The molecule has 158 valence electrons. The molecule has 2 aliphatic heterocycles. The zero-order valence-corrected chi connectivity index (χ0v) is 20.3. The molecule has 2 aliphatic rings. The predicted molar refractivity (Wildman–Crippen MR) is 126 cm³/mol. The van der Waals surface area contributed by atoms with E-state index in [4.69, 9.17) is 0 Å². The van der Waals surface area contributed by atoms with Crippen molar-refractivity contribution in [2.75, 3.05) is 46.3 Å². The SMILES string of the molecule is CCc1nc(CNC(=NC)N2CCN(C(C)C(=O)N3CCCC3)CC2)cs1.I. The number of nitrogens with zero attached hydrogens (tertiary/aromatic N) is 5. The number of likely N-dealkylation sites (tertiary alicyclic amines) is 1. The smallest absolute Gasteiger partial charge is 0.239 e. The number of hydrogen-bond donors (Lipinski definition) is 1. The first-order valence-corrected chi connectivity index (χ1v) is 10.9. The standard InChI is InChI=1S/C19H32N6OS.HI/c1-4-17-22-16(14-27-17)13-21-19(20-3)25-11-9-23(10-12-25)15(2)18(26)24-7-5-6-8-24;/h14-15H,4-13H2,1-3H3,(H,20,21);1H. The summed E-state index contributed by atoms with van der Waals surface area (Å²) in [5, 5.41) is 6.72. The Bertz CT molecular complexity index is 653. The van der Waals surface area contributed by atoms with Crippen molar-refractivity contribution in [3.05, 3.63) is 16.1 Å². The summed E-state index contributed by atoms with van der Waals surface area (Å²) in [5.41, 5.74) is 1.07. The van der Waals surface area contributed by atoms with Crippen LogP contribution in [0.3, 0.4) is 0 Å². The van der Waals surface area contributed by atoms with E-state index in [1.807, 2.05) is 11.9 Å². The Balaban J connectivity index is 0.00000280. The van der Waals surface area contributed by atoms with Crippen LogP contribution in [-0.4, -0.2) is 83.9 Å². The third-order valence-corrected chi connectivity index (χ3v) is 6.52. The number of carbonyl (C=O) groups excluding carboxylic acids is 1. The fourth-order valence-electron chi connectivity index (χ4n) is 3.77. The second-order valence-electron chi connectivity index (χ2n) is 7.22. The number of thiazole rings is 1. The molecule has 0 aromatic carbocycles. The van der Waals surface area contributed by atoms with Crippen molar-refractivity contribution in [3.63, 3.8) is 0 Å². The number of amides is 1. The van der Waals surface area contributed by atoms with Crippen LogP contribution in [0.2, 0.25) is 0 Å². The lowest BCUT2D eigenvalue weighted by molar-refractivity contribution is -0.135. The van der Waals surface area contributed by atoms with Crippen LogP contribution in [-0.2, 0) is 17.8 Å². The maximum Gasteiger partial charge on any atom is 0.239 e. The molecular weight excluding hydrogens is 487 g/mol. The molecule has 1 N–H and O–H groups in total. The fraction of sp³-hybridized carbons (Fsp3) is 0.737. The Labute approximate surface area is 189 Å². The Morgan fingerprint density at radius 2 is 1.89 bits per heavy atom. The van der Waals surface area contributed by atoms with Crippen LogP contribution in [0.1, 0.15) is 37.4 Å². The molecule has 2 fully saturated rings. The number of aromatic nitrogens is 1. The van der Waals surface area contributed by atoms with Crippen LogP contribution in [0.25, 0.3) is 0 Å². The lowest BCUT2D eigenvalue weighted by Crippen LogP contribution is -2.57. The number of rotatable bonds is 5. The van der Waals surface area contributed by atoms with Crippen molar-refractivity contribution in [2.24, 2.45) is 4.99 Å². The Morgan fingerprint density at radius 1 is 1.21 bits per heavy atom. The molecule has 7 nitrogen and oxygen atoms in total. The lowest BCUT2D eigenvalue weighted by atomic mass is 10.2. The quantitative estimate of drug-likeness (QED) is 0.366. The van der Waals surface area contributed by atoms with Crippen LogP contribution < -0.4 is 5.32 Å². The summed E-state index contributed by atoms with van der Waals surface area (Å²) in [6, 6.07) is -0.0253. The van der Waals surface area contributed by atoms with Crippen LogP contribution in [0.4, 0.5) is 0 Å². The van der Waals surface area contributed by atoms with Crippen molar-refractivity contribution in [1.29, 1.82) is 0 Å². The summed E-state index contributed by atoms with van der Waals surface area (Å²) in [4.78, 5) is 28.3. The van der Waals surface area contributed by atoms with Crippen molar-refractivity contribution in [2.45, 2.75) is 45.7 Å². The van der Waals surface area contributed by atoms with E-state index in [0.717, 1.165) is 70.2 Å². The van der Waals surface area contributed by atoms with Gasteiger partial charge in [0.25, 0.3) is 0 Å². The Hall–Kier alpha value is -0.940. The largest absolute Gasteiger partial charge is 0.351 e. The molecule has 28 heavy (non-hydrogen) atoms. The molecule has 2 saturated heterocycles. The highest BCUT2D eigenvalue weighted by molar-refractivity contribution is 14.0. The van der Waals surface area contributed by atoms with Gasteiger partial charge in [-0.1, -0.05) is 6.92 Å². The molecule has 0 bridgehead atoms. The maximum atomic E-state index is 12.6.